The average Bonchev–Trinajstić information content (AvgIpc) is 2.41. The number of amides is 1. The fraction of sp³-hybridized carbons (Fsp3) is 0.533. The van der Waals surface area contributed by atoms with Gasteiger partial charge in [0, 0.05) is 29.0 Å². The van der Waals surface area contributed by atoms with Gasteiger partial charge in [-0.25, -0.2) is 0 Å². The molecular formula is C15H21BrN2OS. The normalized spacial score (nSPS) is 16.8. The highest BCUT2D eigenvalue weighted by atomic mass is 79.9. The monoisotopic (exact) mass is 356 g/mol. The first kappa shape index (κ1) is 15.9. The molecule has 1 aliphatic rings. The SMILES string of the molecule is CN(C)CC1CCN(C(=O)c2cc(S)ccc2Br)CC1. The first-order valence-electron chi connectivity index (χ1n) is 6.90. The van der Waals surface area contributed by atoms with E-state index in [-0.39, 0.29) is 5.91 Å². The molecule has 0 bridgehead atoms. The maximum atomic E-state index is 12.6. The predicted molar refractivity (Wildman–Crippen MR) is 88.6 cm³/mol. The van der Waals surface area contributed by atoms with Crippen LogP contribution in [0.5, 0.6) is 0 Å². The van der Waals surface area contributed by atoms with Crippen LogP contribution in [0.25, 0.3) is 0 Å². The van der Waals surface area contributed by atoms with Crippen molar-refractivity contribution in [2.45, 2.75) is 17.7 Å². The first-order chi connectivity index (χ1) is 9.47. The molecule has 0 saturated carbocycles. The number of carbonyl (C=O) groups excluding carboxylic acids is 1. The summed E-state index contributed by atoms with van der Waals surface area (Å²) >= 11 is 7.77. The highest BCUT2D eigenvalue weighted by molar-refractivity contribution is 9.10. The minimum Gasteiger partial charge on any atom is -0.339 e. The van der Waals surface area contributed by atoms with Gasteiger partial charge in [0.2, 0.25) is 0 Å². The lowest BCUT2D eigenvalue weighted by Crippen LogP contribution is -2.40. The van der Waals surface area contributed by atoms with Gasteiger partial charge in [-0.05, 0) is 67.0 Å². The van der Waals surface area contributed by atoms with Crippen LogP contribution in [0.15, 0.2) is 27.6 Å². The fourth-order valence-corrected chi connectivity index (χ4v) is 3.30. The van der Waals surface area contributed by atoms with Gasteiger partial charge in [0.25, 0.3) is 5.91 Å². The number of rotatable bonds is 3. The van der Waals surface area contributed by atoms with E-state index in [0.29, 0.717) is 11.5 Å². The molecule has 5 heteroatoms. The van der Waals surface area contributed by atoms with Crippen molar-refractivity contribution >= 4 is 34.5 Å². The maximum absolute atomic E-state index is 12.6. The molecule has 1 heterocycles. The van der Waals surface area contributed by atoms with Crippen LogP contribution in [0.3, 0.4) is 0 Å². The zero-order valence-corrected chi connectivity index (χ0v) is 14.5. The largest absolute Gasteiger partial charge is 0.339 e. The van der Waals surface area contributed by atoms with E-state index >= 15 is 0 Å². The van der Waals surface area contributed by atoms with Crippen LogP contribution in [-0.4, -0.2) is 49.4 Å². The topological polar surface area (TPSA) is 23.6 Å². The van der Waals surface area contributed by atoms with Crippen molar-refractivity contribution in [2.75, 3.05) is 33.7 Å². The number of halogens is 1. The van der Waals surface area contributed by atoms with Crippen LogP contribution in [0.1, 0.15) is 23.2 Å². The zero-order chi connectivity index (χ0) is 14.7. The molecule has 1 amide bonds. The second-order valence-electron chi connectivity index (χ2n) is 5.66. The summed E-state index contributed by atoms with van der Waals surface area (Å²) in [6, 6.07) is 5.60. The molecule has 1 fully saturated rings. The number of hydrogen-bond donors (Lipinski definition) is 1. The van der Waals surface area contributed by atoms with Crippen molar-refractivity contribution in [3.63, 3.8) is 0 Å². The third-order valence-corrected chi connectivity index (χ3v) is 4.68. The van der Waals surface area contributed by atoms with Crippen LogP contribution in [-0.2, 0) is 0 Å². The zero-order valence-electron chi connectivity index (χ0n) is 12.0. The lowest BCUT2D eigenvalue weighted by atomic mass is 9.96. The number of benzene rings is 1. The smallest absolute Gasteiger partial charge is 0.255 e. The van der Waals surface area contributed by atoms with Gasteiger partial charge in [-0.1, -0.05) is 0 Å². The molecular weight excluding hydrogens is 336 g/mol. The van der Waals surface area contributed by atoms with Crippen molar-refractivity contribution < 1.29 is 4.79 Å². The summed E-state index contributed by atoms with van der Waals surface area (Å²) in [5.74, 6) is 0.810. The van der Waals surface area contributed by atoms with Crippen molar-refractivity contribution in [1.29, 1.82) is 0 Å². The third-order valence-electron chi connectivity index (χ3n) is 3.71. The number of nitrogens with zero attached hydrogens (tertiary/aromatic N) is 2. The fourth-order valence-electron chi connectivity index (χ4n) is 2.68. The third kappa shape index (κ3) is 3.99. The molecule has 3 nitrogen and oxygen atoms in total. The minimum absolute atomic E-state index is 0.107. The molecule has 1 aromatic rings. The van der Waals surface area contributed by atoms with Gasteiger partial charge in [0.15, 0.2) is 0 Å². The lowest BCUT2D eigenvalue weighted by Gasteiger charge is -2.33. The van der Waals surface area contributed by atoms with Gasteiger partial charge in [-0.15, -0.1) is 12.6 Å². The highest BCUT2D eigenvalue weighted by Crippen LogP contribution is 2.24. The molecule has 0 unspecified atom stereocenters. The van der Waals surface area contributed by atoms with Crippen molar-refractivity contribution in [3.8, 4) is 0 Å². The van der Waals surface area contributed by atoms with Crippen LogP contribution in [0, 0.1) is 5.92 Å². The van der Waals surface area contributed by atoms with Crippen molar-refractivity contribution in [1.82, 2.24) is 9.80 Å². The average molecular weight is 357 g/mol. The Morgan fingerprint density at radius 3 is 2.65 bits per heavy atom. The van der Waals surface area contributed by atoms with E-state index in [1.54, 1.807) is 0 Å². The molecule has 1 aromatic carbocycles. The molecule has 0 atom stereocenters. The Kier molecular flexibility index (Phi) is 5.52. The molecule has 0 N–H and O–H groups in total. The standard InChI is InChI=1S/C15H21BrN2OS/c1-17(2)10-11-5-7-18(8-6-11)15(19)13-9-12(20)3-4-14(13)16/h3-4,9,11,20H,5-8,10H2,1-2H3. The summed E-state index contributed by atoms with van der Waals surface area (Å²) < 4.78 is 0.843. The predicted octanol–water partition coefficient (Wildman–Crippen LogP) is 3.15. The van der Waals surface area contributed by atoms with E-state index in [2.05, 4.69) is 47.6 Å². The molecule has 2 rings (SSSR count). The van der Waals surface area contributed by atoms with E-state index in [9.17, 15) is 4.79 Å². The second kappa shape index (κ2) is 6.96. The quantitative estimate of drug-likeness (QED) is 0.841. The Morgan fingerprint density at radius 2 is 2.05 bits per heavy atom. The van der Waals surface area contributed by atoms with Crippen LogP contribution in [0.4, 0.5) is 0 Å². The highest BCUT2D eigenvalue weighted by Gasteiger charge is 2.25. The van der Waals surface area contributed by atoms with Gasteiger partial charge in [-0.3, -0.25) is 4.79 Å². The molecule has 0 radical (unpaired) electrons. The summed E-state index contributed by atoms with van der Waals surface area (Å²) in [4.78, 5) is 17.6. The van der Waals surface area contributed by atoms with Gasteiger partial charge in [-0.2, -0.15) is 0 Å². The lowest BCUT2D eigenvalue weighted by molar-refractivity contribution is 0.0677. The maximum Gasteiger partial charge on any atom is 0.255 e. The number of thiol groups is 1. The van der Waals surface area contributed by atoms with Gasteiger partial charge < -0.3 is 9.80 Å². The number of hydrogen-bond acceptors (Lipinski definition) is 3. The summed E-state index contributed by atoms with van der Waals surface area (Å²) in [7, 11) is 4.21. The van der Waals surface area contributed by atoms with Crippen LogP contribution >= 0.6 is 28.6 Å². The number of carbonyl (C=O) groups is 1. The molecule has 0 aromatic heterocycles. The summed E-state index contributed by atoms with van der Waals surface area (Å²) in [6.07, 6.45) is 2.17. The van der Waals surface area contributed by atoms with Crippen molar-refractivity contribution in [2.24, 2.45) is 5.92 Å². The van der Waals surface area contributed by atoms with E-state index in [0.717, 1.165) is 41.8 Å². The Bertz CT molecular complexity index is 485. The first-order valence-corrected chi connectivity index (χ1v) is 8.14. The Morgan fingerprint density at radius 1 is 1.40 bits per heavy atom. The van der Waals surface area contributed by atoms with Gasteiger partial charge in [0.05, 0.1) is 5.56 Å². The van der Waals surface area contributed by atoms with Gasteiger partial charge in [0.1, 0.15) is 0 Å². The Balaban J connectivity index is 2.00. The number of likely N-dealkylation sites (tertiary alicyclic amines) is 1. The summed E-state index contributed by atoms with van der Waals surface area (Å²) in [6.45, 7) is 2.80. The van der Waals surface area contributed by atoms with Crippen molar-refractivity contribution in [3.05, 3.63) is 28.2 Å². The van der Waals surface area contributed by atoms with E-state index < -0.39 is 0 Å². The molecule has 1 aliphatic heterocycles. The molecule has 0 spiro atoms. The van der Waals surface area contributed by atoms with E-state index in [1.807, 2.05) is 23.1 Å². The molecule has 110 valence electrons. The van der Waals surface area contributed by atoms with E-state index in [4.69, 9.17) is 0 Å². The molecule has 0 aliphatic carbocycles. The minimum atomic E-state index is 0.107. The summed E-state index contributed by atoms with van der Waals surface area (Å²) in [5, 5.41) is 0. The van der Waals surface area contributed by atoms with Crippen LogP contribution in [0.2, 0.25) is 0 Å². The number of piperidine rings is 1. The molecule has 20 heavy (non-hydrogen) atoms. The van der Waals surface area contributed by atoms with Crippen LogP contribution < -0.4 is 0 Å². The Hall–Kier alpha value is -0.520. The van der Waals surface area contributed by atoms with Gasteiger partial charge >= 0.3 is 0 Å². The Labute approximate surface area is 134 Å². The molecule has 1 saturated heterocycles. The second-order valence-corrected chi connectivity index (χ2v) is 7.03. The summed E-state index contributed by atoms with van der Waals surface area (Å²) in [5.41, 5.74) is 0.712. The van der Waals surface area contributed by atoms with E-state index in [1.165, 1.54) is 0 Å².